The zero-order valence-electron chi connectivity index (χ0n) is 12.7. The van der Waals surface area contributed by atoms with Gasteiger partial charge in [-0.25, -0.2) is 0 Å². The van der Waals surface area contributed by atoms with E-state index in [0.29, 0.717) is 13.0 Å². The number of benzene rings is 1. The van der Waals surface area contributed by atoms with Crippen LogP contribution in [0.1, 0.15) is 37.4 Å². The first-order chi connectivity index (χ1) is 10.1. The number of rotatable bonds is 3. The molecule has 0 radical (unpaired) electrons. The van der Waals surface area contributed by atoms with Crippen molar-refractivity contribution in [1.82, 2.24) is 9.80 Å². The van der Waals surface area contributed by atoms with Gasteiger partial charge in [0.1, 0.15) is 0 Å². The minimum atomic E-state index is -0.428. The molecule has 1 spiro atoms. The number of aliphatic hydroxyl groups is 1. The number of hydrogen-bond donors (Lipinski definition) is 1. The van der Waals surface area contributed by atoms with Gasteiger partial charge in [-0.3, -0.25) is 4.79 Å². The van der Waals surface area contributed by atoms with Gasteiger partial charge in [0.05, 0.1) is 6.10 Å². The first kappa shape index (κ1) is 14.5. The second-order valence-corrected chi connectivity index (χ2v) is 6.40. The first-order valence-corrected chi connectivity index (χ1v) is 7.83. The fourth-order valence-corrected chi connectivity index (χ4v) is 3.70. The monoisotopic (exact) mass is 288 g/mol. The maximum Gasteiger partial charge on any atom is 0.222 e. The van der Waals surface area contributed by atoms with Gasteiger partial charge < -0.3 is 14.9 Å². The molecular weight excluding hydrogens is 264 g/mol. The summed E-state index contributed by atoms with van der Waals surface area (Å²) in [5, 5.41) is 10.3. The van der Waals surface area contributed by atoms with Gasteiger partial charge in [0.2, 0.25) is 5.91 Å². The van der Waals surface area contributed by atoms with E-state index in [1.54, 1.807) is 0 Å². The first-order valence-electron chi connectivity index (χ1n) is 7.83. The van der Waals surface area contributed by atoms with Gasteiger partial charge in [-0.1, -0.05) is 30.3 Å². The lowest BCUT2D eigenvalue weighted by Gasteiger charge is -2.44. The van der Waals surface area contributed by atoms with E-state index < -0.39 is 6.10 Å². The number of amides is 1. The largest absolute Gasteiger partial charge is 0.387 e. The molecule has 2 heterocycles. The Bertz CT molecular complexity index is 495. The summed E-state index contributed by atoms with van der Waals surface area (Å²) in [6, 6.07) is 9.83. The Labute approximate surface area is 126 Å². The van der Waals surface area contributed by atoms with Gasteiger partial charge in [-0.15, -0.1) is 0 Å². The minimum absolute atomic E-state index is 0.0886. The van der Waals surface area contributed by atoms with Crippen molar-refractivity contribution in [2.45, 2.75) is 37.3 Å². The van der Waals surface area contributed by atoms with Crippen LogP contribution in [0.25, 0.3) is 0 Å². The zero-order valence-corrected chi connectivity index (χ0v) is 12.7. The van der Waals surface area contributed by atoms with Crippen LogP contribution in [0.2, 0.25) is 0 Å². The van der Waals surface area contributed by atoms with Crippen LogP contribution >= 0.6 is 0 Å². The molecule has 1 aromatic carbocycles. The molecule has 2 aliphatic heterocycles. The van der Waals surface area contributed by atoms with Crippen LogP contribution in [-0.2, 0) is 4.79 Å². The van der Waals surface area contributed by atoms with Gasteiger partial charge in [0, 0.05) is 38.6 Å². The highest BCUT2D eigenvalue weighted by Crippen LogP contribution is 2.38. The number of aliphatic hydroxyl groups excluding tert-OH is 1. The summed E-state index contributed by atoms with van der Waals surface area (Å²) >= 11 is 0. The molecule has 0 saturated carbocycles. The van der Waals surface area contributed by atoms with Gasteiger partial charge in [0.15, 0.2) is 0 Å². The Morgan fingerprint density at radius 2 is 1.86 bits per heavy atom. The molecule has 1 aromatic rings. The lowest BCUT2D eigenvalue weighted by atomic mass is 9.85. The van der Waals surface area contributed by atoms with Crippen LogP contribution < -0.4 is 0 Å². The molecule has 114 valence electrons. The SMILES string of the molecule is CN1C(=O)CCC12CCN(C[C@H](O)c1ccccc1)CC2. The highest BCUT2D eigenvalue weighted by atomic mass is 16.3. The quantitative estimate of drug-likeness (QED) is 0.922. The van der Waals surface area contributed by atoms with Gasteiger partial charge in [-0.05, 0) is 24.8 Å². The van der Waals surface area contributed by atoms with Gasteiger partial charge >= 0.3 is 0 Å². The Morgan fingerprint density at radius 1 is 1.19 bits per heavy atom. The summed E-state index contributed by atoms with van der Waals surface area (Å²) in [6.45, 7) is 2.60. The van der Waals surface area contributed by atoms with Crippen LogP contribution in [0, 0.1) is 0 Å². The highest BCUT2D eigenvalue weighted by molar-refractivity contribution is 5.79. The van der Waals surface area contributed by atoms with E-state index in [1.807, 2.05) is 42.3 Å². The molecule has 1 amide bonds. The summed E-state index contributed by atoms with van der Waals surface area (Å²) in [7, 11) is 1.95. The number of carbonyl (C=O) groups is 1. The van der Waals surface area contributed by atoms with Gasteiger partial charge in [0.25, 0.3) is 0 Å². The predicted molar refractivity (Wildman–Crippen MR) is 81.8 cm³/mol. The summed E-state index contributed by atoms with van der Waals surface area (Å²) in [5.74, 6) is 0.285. The minimum Gasteiger partial charge on any atom is -0.387 e. The molecule has 4 nitrogen and oxygen atoms in total. The second kappa shape index (κ2) is 5.78. The Balaban J connectivity index is 1.56. The van der Waals surface area contributed by atoms with Crippen LogP contribution in [0.3, 0.4) is 0 Å². The zero-order chi connectivity index (χ0) is 14.9. The van der Waals surface area contributed by atoms with Crippen molar-refractivity contribution in [2.75, 3.05) is 26.7 Å². The standard InChI is InChI=1S/C17H24N2O2/c1-18-16(21)7-8-17(18)9-11-19(12-10-17)13-15(20)14-5-3-2-4-6-14/h2-6,15,20H,7-13H2,1H3/t15-/m0/s1. The molecule has 0 unspecified atom stereocenters. The summed E-state index contributed by atoms with van der Waals surface area (Å²) in [4.78, 5) is 16.1. The molecule has 1 atom stereocenters. The van der Waals surface area contributed by atoms with Gasteiger partial charge in [-0.2, -0.15) is 0 Å². The van der Waals surface area contributed by atoms with E-state index in [-0.39, 0.29) is 11.4 Å². The van der Waals surface area contributed by atoms with Crippen LogP contribution in [0.5, 0.6) is 0 Å². The Hall–Kier alpha value is -1.39. The number of piperidine rings is 1. The smallest absolute Gasteiger partial charge is 0.222 e. The number of likely N-dealkylation sites (tertiary alicyclic amines) is 2. The second-order valence-electron chi connectivity index (χ2n) is 6.40. The topological polar surface area (TPSA) is 43.8 Å². The van der Waals surface area contributed by atoms with E-state index in [4.69, 9.17) is 0 Å². The van der Waals surface area contributed by atoms with Crippen molar-refractivity contribution in [3.05, 3.63) is 35.9 Å². The highest BCUT2D eigenvalue weighted by Gasteiger charge is 2.44. The summed E-state index contributed by atoms with van der Waals surface area (Å²) < 4.78 is 0. The lowest BCUT2D eigenvalue weighted by Crippen LogP contribution is -2.52. The van der Waals surface area contributed by atoms with Crippen molar-refractivity contribution in [3.63, 3.8) is 0 Å². The van der Waals surface area contributed by atoms with E-state index >= 15 is 0 Å². The van der Waals surface area contributed by atoms with Crippen molar-refractivity contribution in [1.29, 1.82) is 0 Å². The summed E-state index contributed by atoms with van der Waals surface area (Å²) in [6.07, 6.45) is 3.32. The fourth-order valence-electron chi connectivity index (χ4n) is 3.70. The van der Waals surface area contributed by atoms with Crippen LogP contribution in [-0.4, -0.2) is 53.0 Å². The van der Waals surface area contributed by atoms with Crippen LogP contribution in [0.15, 0.2) is 30.3 Å². The van der Waals surface area contributed by atoms with Crippen molar-refractivity contribution >= 4 is 5.91 Å². The Kier molecular flexibility index (Phi) is 4.00. The van der Waals surface area contributed by atoms with E-state index in [0.717, 1.165) is 37.9 Å². The third-order valence-electron chi connectivity index (χ3n) is 5.29. The molecule has 21 heavy (non-hydrogen) atoms. The molecule has 2 saturated heterocycles. The number of carbonyl (C=O) groups excluding carboxylic acids is 1. The normalized spacial score (nSPS) is 23.7. The van der Waals surface area contributed by atoms with E-state index in [9.17, 15) is 9.90 Å². The molecule has 1 N–H and O–H groups in total. The van der Waals surface area contributed by atoms with Crippen molar-refractivity contribution in [3.8, 4) is 0 Å². The molecule has 2 aliphatic rings. The van der Waals surface area contributed by atoms with Crippen molar-refractivity contribution in [2.24, 2.45) is 0 Å². The van der Waals surface area contributed by atoms with Crippen molar-refractivity contribution < 1.29 is 9.90 Å². The maximum absolute atomic E-state index is 11.8. The molecule has 0 aromatic heterocycles. The Morgan fingerprint density at radius 3 is 2.43 bits per heavy atom. The average molecular weight is 288 g/mol. The molecule has 0 bridgehead atoms. The third-order valence-corrected chi connectivity index (χ3v) is 5.29. The van der Waals surface area contributed by atoms with E-state index in [1.165, 1.54) is 0 Å². The molecule has 2 fully saturated rings. The predicted octanol–water partition coefficient (Wildman–Crippen LogP) is 1.81. The molecular formula is C17H24N2O2. The fraction of sp³-hybridized carbons (Fsp3) is 0.588. The summed E-state index contributed by atoms with van der Waals surface area (Å²) in [5.41, 5.74) is 1.07. The molecule has 0 aliphatic carbocycles. The molecule has 3 rings (SSSR count). The lowest BCUT2D eigenvalue weighted by molar-refractivity contribution is -0.130. The molecule has 4 heteroatoms. The number of β-amino-alcohol motifs (C(OH)–C–C–N with tert-alkyl or cyclic N) is 1. The number of nitrogens with zero attached hydrogens (tertiary/aromatic N) is 2. The third kappa shape index (κ3) is 2.83. The van der Waals surface area contributed by atoms with Crippen LogP contribution in [0.4, 0.5) is 0 Å². The maximum atomic E-state index is 11.8. The number of hydrogen-bond acceptors (Lipinski definition) is 3. The average Bonchev–Trinajstić information content (AvgIpc) is 2.79. The van der Waals surface area contributed by atoms with E-state index in [2.05, 4.69) is 4.90 Å².